The van der Waals surface area contributed by atoms with Gasteiger partial charge in [-0.05, 0) is 36.4 Å². The van der Waals surface area contributed by atoms with Crippen LogP contribution in [0.25, 0.3) is 0 Å². The van der Waals surface area contributed by atoms with Crippen LogP contribution >= 0.6 is 0 Å². The Balaban J connectivity index is 1.58. The van der Waals surface area contributed by atoms with Gasteiger partial charge in [-0.3, -0.25) is 0 Å². The van der Waals surface area contributed by atoms with Crippen LogP contribution in [-0.2, 0) is 0 Å². The van der Waals surface area contributed by atoms with Crippen LogP contribution in [0, 0.1) is 17.1 Å². The number of aliphatic hydroxyl groups is 1. The number of anilines is 1. The Labute approximate surface area is 139 Å². The highest BCUT2D eigenvalue weighted by Gasteiger charge is 2.21. The van der Waals surface area contributed by atoms with E-state index in [-0.39, 0.29) is 12.4 Å². The second kappa shape index (κ2) is 7.20. The van der Waals surface area contributed by atoms with Crippen LogP contribution in [0.2, 0.25) is 0 Å². The fourth-order valence-electron chi connectivity index (χ4n) is 2.56. The van der Waals surface area contributed by atoms with Crippen molar-refractivity contribution < 1.29 is 19.0 Å². The van der Waals surface area contributed by atoms with E-state index >= 15 is 0 Å². The summed E-state index contributed by atoms with van der Waals surface area (Å²) >= 11 is 0. The van der Waals surface area contributed by atoms with Gasteiger partial charge in [-0.25, -0.2) is 4.39 Å². The Bertz CT molecular complexity index is 743. The first-order valence-electron chi connectivity index (χ1n) is 7.64. The van der Waals surface area contributed by atoms with E-state index in [1.54, 1.807) is 30.3 Å². The van der Waals surface area contributed by atoms with E-state index in [0.717, 1.165) is 0 Å². The molecule has 0 aromatic heterocycles. The first-order chi connectivity index (χ1) is 11.7. The number of nitriles is 1. The summed E-state index contributed by atoms with van der Waals surface area (Å²) < 4.78 is 24.5. The molecule has 0 fully saturated rings. The molecule has 0 aliphatic carbocycles. The number of aliphatic hydroxyl groups excluding tert-OH is 1. The molecule has 1 atom stereocenters. The third-order valence-electron chi connectivity index (χ3n) is 3.74. The fraction of sp³-hybridized carbons (Fsp3) is 0.278. The molecule has 2 aromatic carbocycles. The lowest BCUT2D eigenvalue weighted by Crippen LogP contribution is -2.40. The average molecular weight is 328 g/mol. The zero-order valence-corrected chi connectivity index (χ0v) is 13.0. The number of hydrogen-bond donors (Lipinski definition) is 1. The second-order valence-electron chi connectivity index (χ2n) is 5.51. The predicted molar refractivity (Wildman–Crippen MR) is 86.8 cm³/mol. The van der Waals surface area contributed by atoms with E-state index < -0.39 is 6.10 Å². The highest BCUT2D eigenvalue weighted by atomic mass is 19.1. The van der Waals surface area contributed by atoms with Crippen LogP contribution < -0.4 is 14.4 Å². The first-order valence-corrected chi connectivity index (χ1v) is 7.64. The highest BCUT2D eigenvalue weighted by Crippen LogP contribution is 2.32. The Morgan fingerprint density at radius 3 is 2.83 bits per heavy atom. The minimum Gasteiger partial charge on any atom is -0.491 e. The van der Waals surface area contributed by atoms with Gasteiger partial charge in [-0.1, -0.05) is 0 Å². The summed E-state index contributed by atoms with van der Waals surface area (Å²) in [4.78, 5) is 1.88. The largest absolute Gasteiger partial charge is 0.491 e. The molecule has 1 N–H and O–H groups in total. The van der Waals surface area contributed by atoms with Crippen LogP contribution in [0.3, 0.4) is 0 Å². The number of β-amino-alcohol motifs (C(OH)–C–C–N with tert-alkyl or cyclic N) is 1. The lowest BCUT2D eigenvalue weighted by molar-refractivity contribution is 0.110. The molecule has 1 heterocycles. The number of rotatable bonds is 5. The lowest BCUT2D eigenvalue weighted by atomic mass is 10.2. The first kappa shape index (κ1) is 16.1. The summed E-state index contributed by atoms with van der Waals surface area (Å²) in [5, 5.41) is 19.0. The van der Waals surface area contributed by atoms with Gasteiger partial charge in [0.2, 0.25) is 0 Å². The van der Waals surface area contributed by atoms with Gasteiger partial charge in [0, 0.05) is 12.6 Å². The maximum atomic E-state index is 13.4. The molecule has 3 rings (SSSR count). The molecule has 6 heteroatoms. The maximum Gasteiger partial charge on any atom is 0.142 e. The van der Waals surface area contributed by atoms with Crippen molar-refractivity contribution >= 4 is 5.69 Å². The van der Waals surface area contributed by atoms with Crippen molar-refractivity contribution in [3.8, 4) is 17.6 Å². The predicted octanol–water partition coefficient (Wildman–Crippen LogP) is 2.34. The van der Waals surface area contributed by atoms with Crippen molar-refractivity contribution in [2.75, 3.05) is 31.2 Å². The third kappa shape index (κ3) is 3.76. The van der Waals surface area contributed by atoms with Gasteiger partial charge in [0.05, 0.1) is 23.9 Å². The van der Waals surface area contributed by atoms with Crippen molar-refractivity contribution in [3.05, 3.63) is 53.8 Å². The topological polar surface area (TPSA) is 65.7 Å². The van der Waals surface area contributed by atoms with E-state index in [4.69, 9.17) is 14.7 Å². The van der Waals surface area contributed by atoms with Crippen LogP contribution in [-0.4, -0.2) is 37.5 Å². The minimum absolute atomic E-state index is 0.105. The Morgan fingerprint density at radius 1 is 1.29 bits per heavy atom. The Morgan fingerprint density at radius 2 is 2.08 bits per heavy atom. The molecule has 0 bridgehead atoms. The average Bonchev–Trinajstić information content (AvgIpc) is 2.61. The van der Waals surface area contributed by atoms with E-state index in [2.05, 4.69) is 0 Å². The van der Waals surface area contributed by atoms with Crippen LogP contribution in [0.4, 0.5) is 10.1 Å². The molecule has 24 heavy (non-hydrogen) atoms. The SMILES string of the molecule is N#Cc1ccc(OCC(O)CN2CCOc3ccc(F)cc32)cc1. The highest BCUT2D eigenvalue weighted by molar-refractivity contribution is 5.60. The number of halogens is 1. The number of nitrogens with zero attached hydrogens (tertiary/aromatic N) is 2. The standard InChI is InChI=1S/C18H17FN2O3/c19-14-3-6-18-17(9-14)21(7-8-23-18)11-15(22)12-24-16-4-1-13(10-20)2-5-16/h1-6,9,15,22H,7-8,11-12H2. The molecule has 5 nitrogen and oxygen atoms in total. The molecule has 0 amide bonds. The van der Waals surface area contributed by atoms with Gasteiger partial charge in [0.15, 0.2) is 0 Å². The Hall–Kier alpha value is -2.78. The maximum absolute atomic E-state index is 13.4. The summed E-state index contributed by atoms with van der Waals surface area (Å²) in [6.45, 7) is 1.48. The quantitative estimate of drug-likeness (QED) is 0.912. The molecular formula is C18H17FN2O3. The summed E-state index contributed by atoms with van der Waals surface area (Å²) in [7, 11) is 0. The molecule has 0 saturated heterocycles. The smallest absolute Gasteiger partial charge is 0.142 e. The van der Waals surface area contributed by atoms with Crippen LogP contribution in [0.1, 0.15) is 5.56 Å². The number of fused-ring (bicyclic) bond motifs is 1. The summed E-state index contributed by atoms with van der Waals surface area (Å²) in [5.41, 5.74) is 1.19. The van der Waals surface area contributed by atoms with Crippen molar-refractivity contribution in [1.29, 1.82) is 5.26 Å². The van der Waals surface area contributed by atoms with Gasteiger partial charge < -0.3 is 19.5 Å². The van der Waals surface area contributed by atoms with Crippen molar-refractivity contribution in [1.82, 2.24) is 0 Å². The van der Waals surface area contributed by atoms with E-state index in [9.17, 15) is 9.50 Å². The normalized spacial score (nSPS) is 14.3. The minimum atomic E-state index is -0.741. The zero-order valence-electron chi connectivity index (χ0n) is 13.0. The molecule has 1 aliphatic heterocycles. The zero-order chi connectivity index (χ0) is 16.9. The fourth-order valence-corrected chi connectivity index (χ4v) is 2.56. The third-order valence-corrected chi connectivity index (χ3v) is 3.74. The molecule has 0 saturated carbocycles. The van der Waals surface area contributed by atoms with Gasteiger partial charge in [-0.15, -0.1) is 0 Å². The van der Waals surface area contributed by atoms with Gasteiger partial charge >= 0.3 is 0 Å². The van der Waals surface area contributed by atoms with Crippen molar-refractivity contribution in [3.63, 3.8) is 0 Å². The van der Waals surface area contributed by atoms with Crippen molar-refractivity contribution in [2.45, 2.75) is 6.10 Å². The number of benzene rings is 2. The Kier molecular flexibility index (Phi) is 4.82. The molecule has 0 spiro atoms. The molecule has 1 aliphatic rings. The summed E-state index contributed by atoms with van der Waals surface area (Å²) in [5.74, 6) is 0.858. The monoisotopic (exact) mass is 328 g/mol. The summed E-state index contributed by atoms with van der Waals surface area (Å²) in [6.07, 6.45) is -0.741. The van der Waals surface area contributed by atoms with Gasteiger partial charge in [0.25, 0.3) is 0 Å². The van der Waals surface area contributed by atoms with Crippen LogP contribution in [0.15, 0.2) is 42.5 Å². The number of hydrogen-bond acceptors (Lipinski definition) is 5. The molecular weight excluding hydrogens is 311 g/mol. The van der Waals surface area contributed by atoms with Gasteiger partial charge in [-0.2, -0.15) is 5.26 Å². The van der Waals surface area contributed by atoms with E-state index in [0.29, 0.717) is 42.4 Å². The summed E-state index contributed by atoms with van der Waals surface area (Å²) in [6, 6.07) is 13.1. The van der Waals surface area contributed by atoms with E-state index in [1.165, 1.54) is 12.1 Å². The van der Waals surface area contributed by atoms with Crippen LogP contribution in [0.5, 0.6) is 11.5 Å². The van der Waals surface area contributed by atoms with Gasteiger partial charge in [0.1, 0.15) is 36.6 Å². The number of ether oxygens (including phenoxy) is 2. The molecule has 2 aromatic rings. The lowest BCUT2D eigenvalue weighted by Gasteiger charge is -2.32. The second-order valence-corrected chi connectivity index (χ2v) is 5.51. The molecule has 0 radical (unpaired) electrons. The van der Waals surface area contributed by atoms with E-state index in [1.807, 2.05) is 11.0 Å². The molecule has 1 unspecified atom stereocenters. The molecule has 124 valence electrons. The van der Waals surface area contributed by atoms with Crippen molar-refractivity contribution in [2.24, 2.45) is 0 Å².